The Bertz CT molecular complexity index is 68.5. The molecule has 0 unspecified atom stereocenters. The number of halogens is 2. The fraction of sp³-hybridized carbons (Fsp3) is 0.600. The minimum Gasteiger partial charge on any atom is -0.122 e. The summed E-state index contributed by atoms with van der Waals surface area (Å²) in [6, 6.07) is 0. The highest BCUT2D eigenvalue weighted by Crippen LogP contribution is 1.96. The first kappa shape index (κ1) is 7.51. The van der Waals surface area contributed by atoms with E-state index < -0.39 is 0 Å². The van der Waals surface area contributed by atoms with Gasteiger partial charge in [-0.15, -0.1) is 11.6 Å². The Morgan fingerprint density at radius 3 is 2.57 bits per heavy atom. The van der Waals surface area contributed by atoms with Crippen LogP contribution in [0.5, 0.6) is 0 Å². The van der Waals surface area contributed by atoms with Crippen molar-refractivity contribution in [3.05, 3.63) is 11.6 Å². The summed E-state index contributed by atoms with van der Waals surface area (Å²) in [5.74, 6) is 0.622. The third-order valence-corrected chi connectivity index (χ3v) is 1.68. The Morgan fingerprint density at radius 1 is 1.86 bits per heavy atom. The molecule has 0 fully saturated rings. The van der Waals surface area contributed by atoms with Gasteiger partial charge >= 0.3 is 0 Å². The van der Waals surface area contributed by atoms with Crippen LogP contribution in [0.25, 0.3) is 0 Å². The van der Waals surface area contributed by atoms with Gasteiger partial charge in [0.15, 0.2) is 0 Å². The summed E-state index contributed by atoms with van der Waals surface area (Å²) >= 11 is 8.67. The number of allylic oxidation sites excluding steroid dienone is 2. The summed E-state index contributed by atoms with van der Waals surface area (Å²) in [4.78, 5) is 0. The average Bonchev–Trinajstić information content (AvgIpc) is 1.68. The summed E-state index contributed by atoms with van der Waals surface area (Å²) in [5.41, 5.74) is 1.29. The molecule has 0 heterocycles. The monoisotopic (exact) mass is 182 g/mol. The van der Waals surface area contributed by atoms with Gasteiger partial charge in [0.2, 0.25) is 0 Å². The van der Waals surface area contributed by atoms with Crippen LogP contribution >= 0.6 is 27.5 Å². The van der Waals surface area contributed by atoms with E-state index in [0.29, 0.717) is 5.88 Å². The highest BCUT2D eigenvalue weighted by Gasteiger charge is 1.79. The molecule has 0 aliphatic heterocycles. The van der Waals surface area contributed by atoms with E-state index in [-0.39, 0.29) is 0 Å². The molecule has 0 aromatic carbocycles. The Kier molecular flexibility index (Phi) is 5.00. The van der Waals surface area contributed by atoms with Crippen molar-refractivity contribution in [3.63, 3.8) is 0 Å². The summed E-state index contributed by atoms with van der Waals surface area (Å²) < 4.78 is 0. The van der Waals surface area contributed by atoms with Crippen molar-refractivity contribution in [2.24, 2.45) is 0 Å². The second-order valence-corrected chi connectivity index (χ2v) is 2.21. The van der Waals surface area contributed by atoms with Gasteiger partial charge in [0.1, 0.15) is 0 Å². The molecule has 0 radical (unpaired) electrons. The highest BCUT2D eigenvalue weighted by atomic mass is 79.9. The molecule has 0 N–H and O–H groups in total. The molecule has 0 aliphatic rings. The summed E-state index contributed by atoms with van der Waals surface area (Å²) in [7, 11) is 0. The molecule has 0 aromatic rings. The van der Waals surface area contributed by atoms with Gasteiger partial charge in [0, 0.05) is 11.2 Å². The van der Waals surface area contributed by atoms with Crippen LogP contribution in [-0.2, 0) is 0 Å². The minimum atomic E-state index is 0.622. The molecule has 0 aliphatic carbocycles. The van der Waals surface area contributed by atoms with E-state index in [1.54, 1.807) is 0 Å². The van der Waals surface area contributed by atoms with Crippen LogP contribution in [0, 0.1) is 0 Å². The topological polar surface area (TPSA) is 0 Å². The van der Waals surface area contributed by atoms with Crippen LogP contribution in [0.1, 0.15) is 6.92 Å². The number of hydrogen-bond donors (Lipinski definition) is 0. The van der Waals surface area contributed by atoms with Gasteiger partial charge in [0.25, 0.3) is 0 Å². The predicted molar refractivity (Wildman–Crippen MR) is 38.3 cm³/mol. The molecule has 0 spiro atoms. The third kappa shape index (κ3) is 4.36. The molecule has 0 amide bonds. The molecule has 0 bridgehead atoms. The molecule has 42 valence electrons. The lowest BCUT2D eigenvalue weighted by molar-refractivity contribution is 1.39. The molecule has 0 aromatic heterocycles. The highest BCUT2D eigenvalue weighted by molar-refractivity contribution is 9.09. The fourth-order valence-electron chi connectivity index (χ4n) is 0.186. The molecule has 0 nitrogen and oxygen atoms in total. The van der Waals surface area contributed by atoms with Gasteiger partial charge < -0.3 is 0 Å². The SMILES string of the molecule is C/C(=C\CCl)CBr. The Hall–Kier alpha value is 0.510. The van der Waals surface area contributed by atoms with E-state index in [2.05, 4.69) is 15.9 Å². The first-order valence-electron chi connectivity index (χ1n) is 2.08. The predicted octanol–water partition coefficient (Wildman–Crippen LogP) is 2.57. The molecular formula is C5H8BrCl. The second-order valence-electron chi connectivity index (χ2n) is 1.34. The maximum Gasteiger partial charge on any atom is 0.0406 e. The van der Waals surface area contributed by atoms with Gasteiger partial charge in [-0.1, -0.05) is 27.6 Å². The molecule has 7 heavy (non-hydrogen) atoms. The van der Waals surface area contributed by atoms with Crippen LogP contribution in [-0.4, -0.2) is 11.2 Å². The van der Waals surface area contributed by atoms with Gasteiger partial charge in [-0.25, -0.2) is 0 Å². The summed E-state index contributed by atoms with van der Waals surface area (Å²) in [6.07, 6.45) is 1.98. The Morgan fingerprint density at radius 2 is 2.43 bits per heavy atom. The lowest BCUT2D eigenvalue weighted by Crippen LogP contribution is -1.74. The van der Waals surface area contributed by atoms with E-state index in [1.165, 1.54) is 5.57 Å². The smallest absolute Gasteiger partial charge is 0.0406 e. The summed E-state index contributed by atoms with van der Waals surface area (Å²) in [5, 5.41) is 0.930. The third-order valence-electron chi connectivity index (χ3n) is 0.636. The molecule has 0 atom stereocenters. The van der Waals surface area contributed by atoms with Crippen molar-refractivity contribution in [1.29, 1.82) is 0 Å². The Labute approximate surface area is 57.7 Å². The van der Waals surface area contributed by atoms with Crippen molar-refractivity contribution in [1.82, 2.24) is 0 Å². The van der Waals surface area contributed by atoms with Gasteiger partial charge in [0.05, 0.1) is 0 Å². The Balaban J connectivity index is 3.29. The van der Waals surface area contributed by atoms with E-state index in [4.69, 9.17) is 11.6 Å². The van der Waals surface area contributed by atoms with Crippen LogP contribution in [0.2, 0.25) is 0 Å². The number of hydrogen-bond acceptors (Lipinski definition) is 0. The van der Waals surface area contributed by atoms with Crippen LogP contribution in [0.4, 0.5) is 0 Å². The van der Waals surface area contributed by atoms with Crippen molar-refractivity contribution in [3.8, 4) is 0 Å². The maximum absolute atomic E-state index is 5.38. The fourth-order valence-corrected chi connectivity index (χ4v) is 0.679. The standard InChI is InChI=1S/C5H8BrCl/c1-5(4-6)2-3-7/h2H,3-4H2,1H3/b5-2+. The van der Waals surface area contributed by atoms with E-state index in [1.807, 2.05) is 13.0 Å². The average molecular weight is 183 g/mol. The number of alkyl halides is 2. The second kappa shape index (κ2) is 4.66. The first-order chi connectivity index (χ1) is 3.31. The van der Waals surface area contributed by atoms with Gasteiger partial charge in [-0.3, -0.25) is 0 Å². The zero-order valence-electron chi connectivity index (χ0n) is 4.25. The van der Waals surface area contributed by atoms with Crippen molar-refractivity contribution in [2.75, 3.05) is 11.2 Å². The van der Waals surface area contributed by atoms with Crippen LogP contribution in [0.15, 0.2) is 11.6 Å². The van der Waals surface area contributed by atoms with Gasteiger partial charge in [-0.05, 0) is 6.92 Å². The van der Waals surface area contributed by atoms with Crippen LogP contribution < -0.4 is 0 Å². The molecule has 0 saturated heterocycles. The molecule has 0 rings (SSSR count). The molecule has 0 saturated carbocycles. The van der Waals surface area contributed by atoms with Crippen molar-refractivity contribution in [2.45, 2.75) is 6.92 Å². The largest absolute Gasteiger partial charge is 0.122 e. The molecule has 2 heteroatoms. The summed E-state index contributed by atoms with van der Waals surface area (Å²) in [6.45, 7) is 2.04. The lowest BCUT2D eigenvalue weighted by atomic mass is 10.3. The van der Waals surface area contributed by atoms with Gasteiger partial charge in [-0.2, -0.15) is 0 Å². The van der Waals surface area contributed by atoms with E-state index in [9.17, 15) is 0 Å². The number of rotatable bonds is 2. The normalized spacial score (nSPS) is 12.1. The minimum absolute atomic E-state index is 0.622. The quantitative estimate of drug-likeness (QED) is 0.456. The van der Waals surface area contributed by atoms with Crippen molar-refractivity contribution < 1.29 is 0 Å². The first-order valence-corrected chi connectivity index (χ1v) is 3.74. The lowest BCUT2D eigenvalue weighted by Gasteiger charge is -1.86. The van der Waals surface area contributed by atoms with Crippen molar-refractivity contribution >= 4 is 27.5 Å². The zero-order chi connectivity index (χ0) is 5.70. The maximum atomic E-state index is 5.38. The van der Waals surface area contributed by atoms with Crippen LogP contribution in [0.3, 0.4) is 0 Å². The molecular weight excluding hydrogens is 175 g/mol. The van der Waals surface area contributed by atoms with E-state index >= 15 is 0 Å². The van der Waals surface area contributed by atoms with E-state index in [0.717, 1.165) is 5.33 Å². The zero-order valence-corrected chi connectivity index (χ0v) is 6.59.